The van der Waals surface area contributed by atoms with E-state index in [1.807, 2.05) is 18.2 Å². The number of nitrogens with zero attached hydrogens (tertiary/aromatic N) is 5. The minimum absolute atomic E-state index is 0.00240. The fourth-order valence-electron chi connectivity index (χ4n) is 5.15. The molecule has 7 nitrogen and oxygen atoms in total. The summed E-state index contributed by atoms with van der Waals surface area (Å²) in [5.74, 6) is 1.53. The van der Waals surface area contributed by atoms with Crippen LogP contribution in [-0.2, 0) is 4.74 Å². The van der Waals surface area contributed by atoms with Crippen LogP contribution in [0.3, 0.4) is 0 Å². The van der Waals surface area contributed by atoms with E-state index in [-0.39, 0.29) is 5.91 Å². The Morgan fingerprint density at radius 1 is 1.09 bits per heavy atom. The van der Waals surface area contributed by atoms with Crippen molar-refractivity contribution < 1.29 is 9.53 Å². The van der Waals surface area contributed by atoms with Crippen molar-refractivity contribution in [2.24, 2.45) is 5.92 Å². The maximum atomic E-state index is 13.1. The summed E-state index contributed by atoms with van der Waals surface area (Å²) in [6, 6.07) is 10.2. The summed E-state index contributed by atoms with van der Waals surface area (Å²) in [6.07, 6.45) is 6.47. The number of amides is 1. The normalized spacial score (nSPS) is 17.4. The number of carbonyl (C=O) groups is 1. The summed E-state index contributed by atoms with van der Waals surface area (Å²) in [6.45, 7) is 7.07. The van der Waals surface area contributed by atoms with Crippen molar-refractivity contribution in [1.82, 2.24) is 19.8 Å². The van der Waals surface area contributed by atoms with Gasteiger partial charge in [-0.15, -0.1) is 11.3 Å². The number of fused-ring (bicyclic) bond motifs is 1. The number of aromatic nitrogens is 2. The minimum atomic E-state index is 0.00240. The summed E-state index contributed by atoms with van der Waals surface area (Å²) in [7, 11) is 3.60. The standard InChI is InChI=1S/C27H35N5O2S/c1-30(2)27(33)24-22(21-8-4-3-5-9-21)23-25(28-19-29-26(23)35-24)32-14-10-20(11-15-32)18-34-17-16-31-12-6-7-13-31/h3-5,8-9,19-20H,6-7,10-18H2,1-2H3. The molecular formula is C27H35N5O2S. The van der Waals surface area contributed by atoms with Crippen molar-refractivity contribution in [3.05, 3.63) is 41.5 Å². The molecule has 35 heavy (non-hydrogen) atoms. The molecule has 0 bridgehead atoms. The first-order valence-electron chi connectivity index (χ1n) is 12.7. The Morgan fingerprint density at radius 2 is 1.83 bits per heavy atom. The minimum Gasteiger partial charge on any atom is -0.380 e. The number of hydrogen-bond acceptors (Lipinski definition) is 7. The Hall–Kier alpha value is -2.55. The van der Waals surface area contributed by atoms with Crippen molar-refractivity contribution in [1.29, 1.82) is 0 Å². The van der Waals surface area contributed by atoms with Crippen LogP contribution < -0.4 is 4.90 Å². The predicted octanol–water partition coefficient (Wildman–Crippen LogP) is 4.39. The lowest BCUT2D eigenvalue weighted by Crippen LogP contribution is -2.36. The van der Waals surface area contributed by atoms with Crippen molar-refractivity contribution in [2.45, 2.75) is 25.7 Å². The van der Waals surface area contributed by atoms with Crippen molar-refractivity contribution >= 4 is 33.3 Å². The third kappa shape index (κ3) is 5.34. The quantitative estimate of drug-likeness (QED) is 0.434. The van der Waals surface area contributed by atoms with Gasteiger partial charge in [0.15, 0.2) is 0 Å². The van der Waals surface area contributed by atoms with Crippen LogP contribution in [0.15, 0.2) is 36.7 Å². The summed E-state index contributed by atoms with van der Waals surface area (Å²) < 4.78 is 6.05. The van der Waals surface area contributed by atoms with Gasteiger partial charge in [-0.05, 0) is 50.3 Å². The maximum absolute atomic E-state index is 13.1. The van der Waals surface area contributed by atoms with Gasteiger partial charge in [0.25, 0.3) is 5.91 Å². The number of rotatable bonds is 8. The first kappa shape index (κ1) is 24.2. The Balaban J connectivity index is 1.33. The van der Waals surface area contributed by atoms with Gasteiger partial charge in [-0.25, -0.2) is 9.97 Å². The Labute approximate surface area is 211 Å². The van der Waals surface area contributed by atoms with Gasteiger partial charge in [-0.2, -0.15) is 0 Å². The van der Waals surface area contributed by atoms with E-state index in [1.165, 1.54) is 37.3 Å². The zero-order valence-electron chi connectivity index (χ0n) is 20.8. The van der Waals surface area contributed by atoms with Crippen molar-refractivity contribution in [3.63, 3.8) is 0 Å². The number of benzene rings is 1. The third-order valence-corrected chi connectivity index (χ3v) is 8.24. The number of likely N-dealkylation sites (tertiary alicyclic amines) is 1. The van der Waals surface area contributed by atoms with Crippen LogP contribution in [0.5, 0.6) is 0 Å². The van der Waals surface area contributed by atoms with E-state index in [0.29, 0.717) is 5.92 Å². The predicted molar refractivity (Wildman–Crippen MR) is 142 cm³/mol. The number of hydrogen-bond donors (Lipinski definition) is 0. The molecule has 5 rings (SSSR count). The number of anilines is 1. The molecule has 4 heterocycles. The molecule has 8 heteroatoms. The monoisotopic (exact) mass is 493 g/mol. The van der Waals surface area contributed by atoms with Crippen LogP contribution in [0.4, 0.5) is 5.82 Å². The van der Waals surface area contributed by atoms with E-state index < -0.39 is 0 Å². The Morgan fingerprint density at radius 3 is 2.54 bits per heavy atom. The zero-order valence-corrected chi connectivity index (χ0v) is 21.6. The molecule has 0 aliphatic carbocycles. The smallest absolute Gasteiger partial charge is 0.264 e. The molecule has 1 aromatic carbocycles. The molecule has 186 valence electrons. The molecular weight excluding hydrogens is 458 g/mol. The molecule has 0 unspecified atom stereocenters. The van der Waals surface area contributed by atoms with E-state index in [2.05, 4.69) is 26.9 Å². The molecule has 0 N–H and O–H groups in total. The van der Waals surface area contributed by atoms with E-state index >= 15 is 0 Å². The van der Waals surface area contributed by atoms with Crippen LogP contribution >= 0.6 is 11.3 Å². The van der Waals surface area contributed by atoms with Gasteiger partial charge < -0.3 is 19.4 Å². The molecule has 2 saturated heterocycles. The fraction of sp³-hybridized carbons (Fsp3) is 0.519. The molecule has 2 fully saturated rings. The maximum Gasteiger partial charge on any atom is 0.264 e. The lowest BCUT2D eigenvalue weighted by Gasteiger charge is -2.33. The first-order valence-corrected chi connectivity index (χ1v) is 13.5. The Kier molecular flexibility index (Phi) is 7.60. The molecule has 3 aromatic rings. The Bertz CT molecular complexity index is 1140. The average Bonchev–Trinajstić information content (AvgIpc) is 3.55. The van der Waals surface area contributed by atoms with Crippen LogP contribution in [0.25, 0.3) is 21.3 Å². The second kappa shape index (κ2) is 11.0. The largest absolute Gasteiger partial charge is 0.380 e. The third-order valence-electron chi connectivity index (χ3n) is 7.15. The number of piperidine rings is 1. The van der Waals surface area contributed by atoms with E-state index in [9.17, 15) is 4.79 Å². The molecule has 2 aliphatic rings. The summed E-state index contributed by atoms with van der Waals surface area (Å²) in [4.78, 5) is 30.5. The van der Waals surface area contributed by atoms with Gasteiger partial charge >= 0.3 is 0 Å². The molecule has 1 amide bonds. The zero-order chi connectivity index (χ0) is 24.2. The van der Waals surface area contributed by atoms with E-state index in [0.717, 1.165) is 77.7 Å². The van der Waals surface area contributed by atoms with Gasteiger partial charge in [0.05, 0.1) is 12.0 Å². The van der Waals surface area contributed by atoms with E-state index in [4.69, 9.17) is 9.72 Å². The summed E-state index contributed by atoms with van der Waals surface area (Å²) >= 11 is 1.46. The number of thiophene rings is 1. The lowest BCUT2D eigenvalue weighted by molar-refractivity contribution is 0.0753. The van der Waals surface area contributed by atoms with Crippen LogP contribution in [0.1, 0.15) is 35.4 Å². The van der Waals surface area contributed by atoms with E-state index in [1.54, 1.807) is 25.3 Å². The highest BCUT2D eigenvalue weighted by atomic mass is 32.1. The number of carbonyl (C=O) groups excluding carboxylic acids is 1. The first-order chi connectivity index (χ1) is 17.1. The van der Waals surface area contributed by atoms with Crippen LogP contribution in [0.2, 0.25) is 0 Å². The molecule has 0 saturated carbocycles. The molecule has 2 aromatic heterocycles. The van der Waals surface area contributed by atoms with Gasteiger partial charge in [0, 0.05) is 45.9 Å². The average molecular weight is 494 g/mol. The highest BCUT2D eigenvalue weighted by Crippen LogP contribution is 2.42. The molecule has 0 radical (unpaired) electrons. The van der Waals surface area contributed by atoms with Gasteiger partial charge in [0.2, 0.25) is 0 Å². The second-order valence-corrected chi connectivity index (χ2v) is 10.8. The SMILES string of the molecule is CN(C)C(=O)c1sc2ncnc(N3CCC(COCCN4CCCC4)CC3)c2c1-c1ccccc1. The van der Waals surface area contributed by atoms with Crippen LogP contribution in [-0.4, -0.2) is 85.7 Å². The molecule has 2 aliphatic heterocycles. The summed E-state index contributed by atoms with van der Waals surface area (Å²) in [5, 5.41) is 0.995. The molecule has 0 spiro atoms. The topological polar surface area (TPSA) is 61.8 Å². The van der Waals surface area contributed by atoms with Crippen molar-refractivity contribution in [2.75, 3.05) is 64.9 Å². The summed E-state index contributed by atoms with van der Waals surface area (Å²) in [5.41, 5.74) is 1.98. The second-order valence-electron chi connectivity index (χ2n) is 9.80. The van der Waals surface area contributed by atoms with Gasteiger partial charge in [-0.1, -0.05) is 30.3 Å². The fourth-order valence-corrected chi connectivity index (χ4v) is 6.33. The van der Waals surface area contributed by atoms with Gasteiger partial charge in [-0.3, -0.25) is 4.79 Å². The number of ether oxygens (including phenoxy) is 1. The highest BCUT2D eigenvalue weighted by Gasteiger charge is 2.28. The van der Waals surface area contributed by atoms with Crippen LogP contribution in [0, 0.1) is 5.92 Å². The lowest BCUT2D eigenvalue weighted by atomic mass is 9.97. The molecule has 0 atom stereocenters. The highest BCUT2D eigenvalue weighted by molar-refractivity contribution is 7.21. The van der Waals surface area contributed by atoms with Gasteiger partial charge in [0.1, 0.15) is 21.9 Å². The van der Waals surface area contributed by atoms with Crippen molar-refractivity contribution in [3.8, 4) is 11.1 Å².